The van der Waals surface area contributed by atoms with E-state index in [0.29, 0.717) is 19.3 Å². The van der Waals surface area contributed by atoms with E-state index in [1.807, 2.05) is 13.8 Å². The molecular weight excluding hydrogens is 156 g/mol. The van der Waals surface area contributed by atoms with Crippen LogP contribution in [0.2, 0.25) is 0 Å². The first-order chi connectivity index (χ1) is 5.59. The minimum Gasteiger partial charge on any atom is -0.463 e. The summed E-state index contributed by atoms with van der Waals surface area (Å²) in [6, 6.07) is 0. The molecule has 0 aromatic heterocycles. The number of carbonyl (C=O) groups excluding carboxylic acids is 2. The van der Waals surface area contributed by atoms with Crippen molar-refractivity contribution in [2.75, 3.05) is 0 Å². The molecule has 0 amide bonds. The Morgan fingerprint density at radius 1 is 1.58 bits per heavy atom. The maximum absolute atomic E-state index is 11.2. The van der Waals surface area contributed by atoms with Crippen LogP contribution in [0.25, 0.3) is 0 Å². The van der Waals surface area contributed by atoms with E-state index in [1.165, 1.54) is 0 Å². The number of ketones is 1. The fourth-order valence-corrected chi connectivity index (χ4v) is 1.34. The number of rotatable bonds is 2. The maximum atomic E-state index is 11.2. The van der Waals surface area contributed by atoms with Crippen molar-refractivity contribution < 1.29 is 14.3 Å². The molecule has 0 aromatic rings. The predicted molar refractivity (Wildman–Crippen MR) is 43.6 cm³/mol. The lowest BCUT2D eigenvalue weighted by Gasteiger charge is -2.11. The standard InChI is InChI=1S/C9H14O3/c1-6(2)12-9(11)7-3-4-8(10)5-7/h6-7H,3-5H2,1-2H3/t7-/m0/s1. The number of Topliss-reactive ketones (excluding diaryl/α,β-unsaturated/α-hetero) is 1. The van der Waals surface area contributed by atoms with E-state index in [4.69, 9.17) is 4.74 Å². The van der Waals surface area contributed by atoms with Crippen LogP contribution >= 0.6 is 0 Å². The first kappa shape index (κ1) is 9.23. The topological polar surface area (TPSA) is 43.4 Å². The summed E-state index contributed by atoms with van der Waals surface area (Å²) in [5.74, 6) is -0.198. The second-order valence-electron chi connectivity index (χ2n) is 3.46. The van der Waals surface area contributed by atoms with Crippen LogP contribution < -0.4 is 0 Å². The Morgan fingerprint density at radius 3 is 2.67 bits per heavy atom. The Hall–Kier alpha value is -0.860. The molecule has 1 aliphatic rings. The Labute approximate surface area is 72.1 Å². The third kappa shape index (κ3) is 2.32. The monoisotopic (exact) mass is 170 g/mol. The van der Waals surface area contributed by atoms with E-state index in [0.717, 1.165) is 0 Å². The second-order valence-corrected chi connectivity index (χ2v) is 3.46. The zero-order valence-corrected chi connectivity index (χ0v) is 7.50. The molecule has 3 heteroatoms. The van der Waals surface area contributed by atoms with Gasteiger partial charge in [0.25, 0.3) is 0 Å². The first-order valence-corrected chi connectivity index (χ1v) is 4.32. The van der Waals surface area contributed by atoms with Crippen LogP contribution in [-0.2, 0) is 14.3 Å². The molecule has 1 fully saturated rings. The third-order valence-electron chi connectivity index (χ3n) is 1.93. The lowest BCUT2D eigenvalue weighted by atomic mass is 10.1. The van der Waals surface area contributed by atoms with Crippen LogP contribution in [0.15, 0.2) is 0 Å². The number of ether oxygens (including phenoxy) is 1. The average Bonchev–Trinajstić information content (AvgIpc) is 2.34. The minimum atomic E-state index is -0.212. The number of hydrogen-bond donors (Lipinski definition) is 0. The largest absolute Gasteiger partial charge is 0.463 e. The lowest BCUT2D eigenvalue weighted by Crippen LogP contribution is -2.19. The van der Waals surface area contributed by atoms with Gasteiger partial charge >= 0.3 is 5.97 Å². The van der Waals surface area contributed by atoms with Crippen molar-refractivity contribution in [3.05, 3.63) is 0 Å². The second kappa shape index (κ2) is 3.70. The molecular formula is C9H14O3. The van der Waals surface area contributed by atoms with Gasteiger partial charge in [-0.1, -0.05) is 0 Å². The molecule has 0 bridgehead atoms. The molecule has 0 saturated heterocycles. The molecule has 0 spiro atoms. The molecule has 3 nitrogen and oxygen atoms in total. The van der Waals surface area contributed by atoms with Crippen LogP contribution in [0.5, 0.6) is 0 Å². The van der Waals surface area contributed by atoms with Gasteiger partial charge in [0.05, 0.1) is 12.0 Å². The van der Waals surface area contributed by atoms with Crippen molar-refractivity contribution in [1.82, 2.24) is 0 Å². The van der Waals surface area contributed by atoms with Gasteiger partial charge in [-0.25, -0.2) is 0 Å². The highest BCUT2D eigenvalue weighted by atomic mass is 16.5. The summed E-state index contributed by atoms with van der Waals surface area (Å²) < 4.78 is 4.99. The summed E-state index contributed by atoms with van der Waals surface area (Å²) in [6.07, 6.45) is 1.52. The van der Waals surface area contributed by atoms with Gasteiger partial charge in [0.1, 0.15) is 5.78 Å². The SMILES string of the molecule is CC(C)OC(=O)[C@H]1CCC(=O)C1. The smallest absolute Gasteiger partial charge is 0.309 e. The van der Waals surface area contributed by atoms with Crippen molar-refractivity contribution in [2.24, 2.45) is 5.92 Å². The van der Waals surface area contributed by atoms with Crippen molar-refractivity contribution in [3.8, 4) is 0 Å². The molecule has 0 aliphatic heterocycles. The molecule has 12 heavy (non-hydrogen) atoms. The molecule has 1 rings (SSSR count). The van der Waals surface area contributed by atoms with E-state index in [-0.39, 0.29) is 23.8 Å². The van der Waals surface area contributed by atoms with Gasteiger partial charge in [-0.3, -0.25) is 9.59 Å². The van der Waals surface area contributed by atoms with Gasteiger partial charge in [0.15, 0.2) is 0 Å². The van der Waals surface area contributed by atoms with Gasteiger partial charge in [0, 0.05) is 12.8 Å². The van der Waals surface area contributed by atoms with Crippen LogP contribution in [-0.4, -0.2) is 17.9 Å². The molecule has 1 aliphatic carbocycles. The Morgan fingerprint density at radius 2 is 2.25 bits per heavy atom. The molecule has 0 heterocycles. The van der Waals surface area contributed by atoms with E-state index in [2.05, 4.69) is 0 Å². The normalized spacial score (nSPS) is 23.2. The van der Waals surface area contributed by atoms with E-state index < -0.39 is 0 Å². The summed E-state index contributed by atoms with van der Waals surface area (Å²) in [4.78, 5) is 22.1. The van der Waals surface area contributed by atoms with Crippen molar-refractivity contribution in [2.45, 2.75) is 39.2 Å². The van der Waals surface area contributed by atoms with Gasteiger partial charge in [-0.05, 0) is 20.3 Å². The maximum Gasteiger partial charge on any atom is 0.309 e. The highest BCUT2D eigenvalue weighted by Gasteiger charge is 2.29. The zero-order chi connectivity index (χ0) is 9.14. The van der Waals surface area contributed by atoms with E-state index in [1.54, 1.807) is 0 Å². The summed E-state index contributed by atoms with van der Waals surface area (Å²) in [5, 5.41) is 0. The summed E-state index contributed by atoms with van der Waals surface area (Å²) in [7, 11) is 0. The van der Waals surface area contributed by atoms with E-state index in [9.17, 15) is 9.59 Å². The fraction of sp³-hybridized carbons (Fsp3) is 0.778. The van der Waals surface area contributed by atoms with Gasteiger partial charge in [-0.15, -0.1) is 0 Å². The van der Waals surface area contributed by atoms with Gasteiger partial charge in [-0.2, -0.15) is 0 Å². The predicted octanol–water partition coefficient (Wildman–Crippen LogP) is 1.31. The number of esters is 1. The molecule has 68 valence electrons. The molecule has 0 radical (unpaired) electrons. The summed E-state index contributed by atoms with van der Waals surface area (Å²) in [6.45, 7) is 3.63. The molecule has 0 unspecified atom stereocenters. The van der Waals surface area contributed by atoms with Crippen molar-refractivity contribution in [1.29, 1.82) is 0 Å². The lowest BCUT2D eigenvalue weighted by molar-refractivity contribution is -0.152. The van der Waals surface area contributed by atoms with Crippen LogP contribution in [0.3, 0.4) is 0 Å². The molecule has 0 N–H and O–H groups in total. The third-order valence-corrected chi connectivity index (χ3v) is 1.93. The van der Waals surface area contributed by atoms with Crippen molar-refractivity contribution >= 4 is 11.8 Å². The van der Waals surface area contributed by atoms with Crippen LogP contribution in [0.4, 0.5) is 0 Å². The van der Waals surface area contributed by atoms with Crippen LogP contribution in [0, 0.1) is 5.92 Å². The summed E-state index contributed by atoms with van der Waals surface area (Å²) >= 11 is 0. The van der Waals surface area contributed by atoms with Crippen LogP contribution in [0.1, 0.15) is 33.1 Å². The average molecular weight is 170 g/mol. The van der Waals surface area contributed by atoms with Gasteiger partial charge in [0.2, 0.25) is 0 Å². The molecule has 0 aromatic carbocycles. The highest BCUT2D eigenvalue weighted by Crippen LogP contribution is 2.23. The fourth-order valence-electron chi connectivity index (χ4n) is 1.34. The minimum absolute atomic E-state index is 0.0757. The molecule has 1 atom stereocenters. The van der Waals surface area contributed by atoms with Crippen molar-refractivity contribution in [3.63, 3.8) is 0 Å². The quantitative estimate of drug-likeness (QED) is 0.587. The number of hydrogen-bond acceptors (Lipinski definition) is 3. The Balaban J connectivity index is 2.38. The highest BCUT2D eigenvalue weighted by molar-refractivity contribution is 5.87. The molecule has 1 saturated carbocycles. The van der Waals surface area contributed by atoms with Gasteiger partial charge < -0.3 is 4.74 Å². The summed E-state index contributed by atoms with van der Waals surface area (Å²) in [5.41, 5.74) is 0. The van der Waals surface area contributed by atoms with E-state index >= 15 is 0 Å². The number of carbonyl (C=O) groups is 2. The Bertz CT molecular complexity index is 196. The Kier molecular flexibility index (Phi) is 2.84. The first-order valence-electron chi connectivity index (χ1n) is 4.32. The zero-order valence-electron chi connectivity index (χ0n) is 7.50.